The number of H-pyrrole nitrogens is 1. The highest BCUT2D eigenvalue weighted by Crippen LogP contribution is 2.23. The van der Waals surface area contributed by atoms with Gasteiger partial charge >= 0.3 is 0 Å². The van der Waals surface area contributed by atoms with Gasteiger partial charge in [-0.2, -0.15) is 5.10 Å². The molecule has 0 spiro atoms. The molecule has 0 saturated carbocycles. The van der Waals surface area contributed by atoms with E-state index in [4.69, 9.17) is 11.6 Å². The van der Waals surface area contributed by atoms with E-state index in [0.717, 1.165) is 12.1 Å². The van der Waals surface area contributed by atoms with Gasteiger partial charge in [0.2, 0.25) is 0 Å². The van der Waals surface area contributed by atoms with Crippen molar-refractivity contribution in [2.75, 3.05) is 0 Å². The molecule has 15 heavy (non-hydrogen) atoms. The monoisotopic (exact) mass is 224 g/mol. The van der Waals surface area contributed by atoms with Gasteiger partial charge < -0.3 is 0 Å². The Hall–Kier alpha value is -1.35. The number of benzene rings is 1. The normalized spacial score (nSPS) is 10.6. The number of nitrogens with zero attached hydrogens (tertiary/aromatic N) is 1. The molecular weight excluding hydrogens is 215 g/mol. The van der Waals surface area contributed by atoms with Gasteiger partial charge in [0.25, 0.3) is 0 Å². The van der Waals surface area contributed by atoms with Crippen molar-refractivity contribution < 1.29 is 4.39 Å². The molecule has 0 amide bonds. The van der Waals surface area contributed by atoms with Crippen LogP contribution >= 0.6 is 11.6 Å². The molecule has 0 aliphatic heterocycles. The third-order valence-corrected chi connectivity index (χ3v) is 2.39. The molecule has 0 aliphatic rings. The minimum absolute atomic E-state index is 0.349. The van der Waals surface area contributed by atoms with E-state index in [1.165, 1.54) is 12.1 Å². The highest BCUT2D eigenvalue weighted by Gasteiger charge is 2.05. The first-order valence-corrected chi connectivity index (χ1v) is 5.07. The number of hydrogen-bond donors (Lipinski definition) is 1. The highest BCUT2D eigenvalue weighted by atomic mass is 35.5. The molecule has 4 heteroatoms. The lowest BCUT2D eigenvalue weighted by Gasteiger charge is -1.97. The summed E-state index contributed by atoms with van der Waals surface area (Å²) in [4.78, 5) is 0. The standard InChI is InChI=1S/C11H10ClFN2/c1-2-10-6-11(15-14-10)7-3-8(12)5-9(13)4-7/h3-6H,2H2,1H3,(H,14,15). The highest BCUT2D eigenvalue weighted by molar-refractivity contribution is 6.30. The lowest BCUT2D eigenvalue weighted by Crippen LogP contribution is -1.81. The fourth-order valence-corrected chi connectivity index (χ4v) is 1.61. The van der Waals surface area contributed by atoms with Crippen molar-refractivity contribution >= 4 is 11.6 Å². The van der Waals surface area contributed by atoms with E-state index in [9.17, 15) is 4.39 Å². The van der Waals surface area contributed by atoms with Crippen LogP contribution in [0.1, 0.15) is 12.6 Å². The van der Waals surface area contributed by atoms with Crippen molar-refractivity contribution in [3.8, 4) is 11.3 Å². The van der Waals surface area contributed by atoms with Gasteiger partial charge in [-0.25, -0.2) is 4.39 Å². The number of aryl methyl sites for hydroxylation is 1. The molecule has 0 atom stereocenters. The third kappa shape index (κ3) is 2.18. The van der Waals surface area contributed by atoms with Crippen LogP contribution in [0.3, 0.4) is 0 Å². The van der Waals surface area contributed by atoms with Crippen molar-refractivity contribution in [2.24, 2.45) is 0 Å². The largest absolute Gasteiger partial charge is 0.282 e. The minimum Gasteiger partial charge on any atom is -0.282 e. The topological polar surface area (TPSA) is 28.7 Å². The second-order valence-corrected chi connectivity index (χ2v) is 3.73. The van der Waals surface area contributed by atoms with Crippen LogP contribution in [0.5, 0.6) is 0 Å². The van der Waals surface area contributed by atoms with Crippen LogP contribution in [0, 0.1) is 5.82 Å². The Balaban J connectivity index is 2.44. The van der Waals surface area contributed by atoms with E-state index >= 15 is 0 Å². The SMILES string of the molecule is CCc1cc(-c2cc(F)cc(Cl)c2)n[nH]1. The second-order valence-electron chi connectivity index (χ2n) is 3.29. The fourth-order valence-electron chi connectivity index (χ4n) is 1.39. The maximum atomic E-state index is 13.1. The van der Waals surface area contributed by atoms with E-state index in [1.807, 2.05) is 13.0 Å². The lowest BCUT2D eigenvalue weighted by molar-refractivity contribution is 0.628. The average Bonchev–Trinajstić information content (AvgIpc) is 2.64. The zero-order valence-corrected chi connectivity index (χ0v) is 8.98. The second kappa shape index (κ2) is 4.03. The van der Waals surface area contributed by atoms with E-state index in [2.05, 4.69) is 10.2 Å². The van der Waals surface area contributed by atoms with E-state index in [0.29, 0.717) is 16.3 Å². The number of halogens is 2. The molecule has 0 aliphatic carbocycles. The predicted molar refractivity (Wildman–Crippen MR) is 58.4 cm³/mol. The zero-order chi connectivity index (χ0) is 10.8. The van der Waals surface area contributed by atoms with Gasteiger partial charge in [-0.15, -0.1) is 0 Å². The molecule has 78 valence electrons. The average molecular weight is 225 g/mol. The van der Waals surface area contributed by atoms with Gasteiger partial charge in [0.05, 0.1) is 5.69 Å². The van der Waals surface area contributed by atoms with Crippen LogP contribution in [-0.4, -0.2) is 10.2 Å². The molecule has 0 fully saturated rings. The first-order valence-electron chi connectivity index (χ1n) is 4.70. The van der Waals surface area contributed by atoms with Gasteiger partial charge in [0, 0.05) is 16.3 Å². The van der Waals surface area contributed by atoms with Crippen molar-refractivity contribution in [1.29, 1.82) is 0 Å². The van der Waals surface area contributed by atoms with E-state index in [1.54, 1.807) is 6.07 Å². The quantitative estimate of drug-likeness (QED) is 0.832. The fraction of sp³-hybridized carbons (Fsp3) is 0.182. The number of rotatable bonds is 2. The molecule has 0 bridgehead atoms. The minimum atomic E-state index is -0.349. The Labute approximate surface area is 92.1 Å². The zero-order valence-electron chi connectivity index (χ0n) is 8.22. The number of nitrogens with one attached hydrogen (secondary N) is 1. The van der Waals surface area contributed by atoms with Crippen LogP contribution in [0.4, 0.5) is 4.39 Å². The molecule has 0 unspecified atom stereocenters. The summed E-state index contributed by atoms with van der Waals surface area (Å²) in [5, 5.41) is 7.35. The molecule has 1 aromatic heterocycles. The van der Waals surface area contributed by atoms with Gasteiger partial charge in [0.15, 0.2) is 0 Å². The molecule has 1 heterocycles. The van der Waals surface area contributed by atoms with Crippen molar-refractivity contribution in [3.63, 3.8) is 0 Å². The molecule has 0 saturated heterocycles. The van der Waals surface area contributed by atoms with E-state index < -0.39 is 0 Å². The third-order valence-electron chi connectivity index (χ3n) is 2.17. The Morgan fingerprint density at radius 3 is 2.73 bits per heavy atom. The van der Waals surface area contributed by atoms with Crippen LogP contribution in [-0.2, 0) is 6.42 Å². The van der Waals surface area contributed by atoms with Gasteiger partial charge in [-0.3, -0.25) is 5.10 Å². The molecule has 2 nitrogen and oxygen atoms in total. The van der Waals surface area contributed by atoms with E-state index in [-0.39, 0.29) is 5.82 Å². The van der Waals surface area contributed by atoms with Crippen LogP contribution < -0.4 is 0 Å². The summed E-state index contributed by atoms with van der Waals surface area (Å²) in [6.07, 6.45) is 0.871. The molecular formula is C11H10ClFN2. The van der Waals surface area contributed by atoms with Gasteiger partial charge in [-0.1, -0.05) is 18.5 Å². The summed E-state index contributed by atoms with van der Waals surface area (Å²) < 4.78 is 13.1. The lowest BCUT2D eigenvalue weighted by atomic mass is 10.1. The molecule has 1 N–H and O–H groups in total. The maximum absolute atomic E-state index is 13.1. The van der Waals surface area contributed by atoms with Gasteiger partial charge in [-0.05, 0) is 30.7 Å². The summed E-state index contributed by atoms with van der Waals surface area (Å²) >= 11 is 5.76. The maximum Gasteiger partial charge on any atom is 0.125 e. The van der Waals surface area contributed by atoms with Crippen molar-refractivity contribution in [3.05, 3.63) is 40.8 Å². The molecule has 2 rings (SSSR count). The summed E-state index contributed by atoms with van der Waals surface area (Å²) in [7, 11) is 0. The van der Waals surface area contributed by atoms with Crippen LogP contribution in [0.2, 0.25) is 5.02 Å². The van der Waals surface area contributed by atoms with Crippen LogP contribution in [0.25, 0.3) is 11.3 Å². The smallest absolute Gasteiger partial charge is 0.125 e. The summed E-state index contributed by atoms with van der Waals surface area (Å²) in [6.45, 7) is 2.02. The van der Waals surface area contributed by atoms with Crippen LogP contribution in [0.15, 0.2) is 24.3 Å². The number of hydrogen-bond acceptors (Lipinski definition) is 1. The Morgan fingerprint density at radius 2 is 2.13 bits per heavy atom. The molecule has 0 radical (unpaired) electrons. The Bertz CT molecular complexity index is 459. The number of aromatic amines is 1. The number of aromatic nitrogens is 2. The first kappa shape index (κ1) is 10.2. The summed E-state index contributed by atoms with van der Waals surface area (Å²) in [6, 6.07) is 6.28. The Morgan fingerprint density at radius 1 is 1.33 bits per heavy atom. The first-order chi connectivity index (χ1) is 7.19. The van der Waals surface area contributed by atoms with Crippen molar-refractivity contribution in [1.82, 2.24) is 10.2 Å². The molecule has 2 aromatic rings. The predicted octanol–water partition coefficient (Wildman–Crippen LogP) is 3.43. The summed E-state index contributed by atoms with van der Waals surface area (Å²) in [5.74, 6) is -0.349. The van der Waals surface area contributed by atoms with Crippen molar-refractivity contribution in [2.45, 2.75) is 13.3 Å². The molecule has 1 aromatic carbocycles. The summed E-state index contributed by atoms with van der Waals surface area (Å²) in [5.41, 5.74) is 2.43. The Kier molecular flexibility index (Phi) is 2.73. The van der Waals surface area contributed by atoms with Gasteiger partial charge in [0.1, 0.15) is 5.82 Å².